The van der Waals surface area contributed by atoms with Gasteiger partial charge in [0, 0.05) is 5.02 Å². The van der Waals surface area contributed by atoms with Gasteiger partial charge in [-0.05, 0) is 36.8 Å². The highest BCUT2D eigenvalue weighted by Gasteiger charge is 2.23. The molecule has 2 rings (SSSR count). The molecular weight excluding hydrogens is 316 g/mol. The zero-order valence-electron chi connectivity index (χ0n) is 12.5. The predicted molar refractivity (Wildman–Crippen MR) is 88.1 cm³/mol. The summed E-state index contributed by atoms with van der Waals surface area (Å²) in [4.78, 5) is 23.8. The molecule has 2 aromatic carbocycles. The van der Waals surface area contributed by atoms with Gasteiger partial charge in [0.25, 0.3) is 5.91 Å². The van der Waals surface area contributed by atoms with Gasteiger partial charge in [0.1, 0.15) is 11.8 Å². The summed E-state index contributed by atoms with van der Waals surface area (Å²) in [6, 6.07) is 14.5. The monoisotopic (exact) mass is 332 g/mol. The first-order valence-electron chi connectivity index (χ1n) is 7.04. The van der Waals surface area contributed by atoms with Gasteiger partial charge in [-0.3, -0.25) is 9.59 Å². The Morgan fingerprint density at radius 3 is 2.26 bits per heavy atom. The lowest BCUT2D eigenvalue weighted by molar-refractivity contribution is -0.131. The van der Waals surface area contributed by atoms with Crippen molar-refractivity contribution in [2.75, 3.05) is 0 Å². The SMILES string of the molecule is C[C@H](Oc1ccc(Cl)cc1)C(=O)N[C@@H](C(N)=O)c1ccccc1. The standard InChI is InChI=1S/C17H17ClN2O3/c1-11(23-14-9-7-13(18)8-10-14)17(22)20-15(16(19)21)12-5-3-2-4-6-12/h2-11,15H,1H3,(H2,19,21)(H,20,22)/t11-,15+/m0/s1. The van der Waals surface area contributed by atoms with Gasteiger partial charge in [0.15, 0.2) is 6.10 Å². The van der Waals surface area contributed by atoms with E-state index < -0.39 is 24.0 Å². The van der Waals surface area contributed by atoms with E-state index in [0.717, 1.165) is 0 Å². The first-order valence-corrected chi connectivity index (χ1v) is 7.42. The smallest absolute Gasteiger partial charge is 0.261 e. The summed E-state index contributed by atoms with van der Waals surface area (Å²) in [7, 11) is 0. The second-order valence-corrected chi connectivity index (χ2v) is 5.41. The molecule has 2 amide bonds. The molecule has 5 nitrogen and oxygen atoms in total. The topological polar surface area (TPSA) is 81.4 Å². The first kappa shape index (κ1) is 16.8. The number of nitrogens with one attached hydrogen (secondary N) is 1. The van der Waals surface area contributed by atoms with Crippen molar-refractivity contribution in [1.29, 1.82) is 0 Å². The maximum Gasteiger partial charge on any atom is 0.261 e. The minimum atomic E-state index is -0.903. The fraction of sp³-hybridized carbons (Fsp3) is 0.176. The van der Waals surface area contributed by atoms with Crippen molar-refractivity contribution in [2.45, 2.75) is 19.1 Å². The number of halogens is 1. The fourth-order valence-corrected chi connectivity index (χ4v) is 2.12. The summed E-state index contributed by atoms with van der Waals surface area (Å²) in [5.41, 5.74) is 5.99. The minimum absolute atomic E-state index is 0.437. The molecule has 0 aliphatic rings. The zero-order chi connectivity index (χ0) is 16.8. The van der Waals surface area contributed by atoms with Crippen LogP contribution in [0.2, 0.25) is 5.02 Å². The van der Waals surface area contributed by atoms with Crippen molar-refractivity contribution in [2.24, 2.45) is 5.73 Å². The van der Waals surface area contributed by atoms with Gasteiger partial charge in [-0.15, -0.1) is 0 Å². The summed E-state index contributed by atoms with van der Waals surface area (Å²) in [5, 5.41) is 3.18. The van der Waals surface area contributed by atoms with Crippen LogP contribution in [0.1, 0.15) is 18.5 Å². The van der Waals surface area contributed by atoms with Crippen molar-refractivity contribution in [3.63, 3.8) is 0 Å². The first-order chi connectivity index (χ1) is 11.0. The Balaban J connectivity index is 2.03. The van der Waals surface area contributed by atoms with E-state index in [1.165, 1.54) is 0 Å². The highest BCUT2D eigenvalue weighted by molar-refractivity contribution is 6.30. The lowest BCUT2D eigenvalue weighted by atomic mass is 10.1. The molecule has 0 aliphatic heterocycles. The van der Waals surface area contributed by atoms with Crippen LogP contribution in [0, 0.1) is 0 Å². The van der Waals surface area contributed by atoms with Crippen LogP contribution in [-0.4, -0.2) is 17.9 Å². The molecule has 0 aliphatic carbocycles. The number of rotatable bonds is 6. The molecule has 2 atom stereocenters. The molecule has 0 aromatic heterocycles. The molecule has 120 valence electrons. The van der Waals surface area contributed by atoms with Gasteiger partial charge < -0.3 is 15.8 Å². The van der Waals surface area contributed by atoms with Gasteiger partial charge in [-0.2, -0.15) is 0 Å². The summed E-state index contributed by atoms with van der Waals surface area (Å²) >= 11 is 5.80. The maximum atomic E-state index is 12.2. The van der Waals surface area contributed by atoms with Crippen molar-refractivity contribution >= 4 is 23.4 Å². The molecule has 0 unspecified atom stereocenters. The second kappa shape index (κ2) is 7.65. The Labute approximate surface area is 139 Å². The van der Waals surface area contributed by atoms with E-state index >= 15 is 0 Å². The highest BCUT2D eigenvalue weighted by Crippen LogP contribution is 2.17. The van der Waals surface area contributed by atoms with Gasteiger partial charge in [0.2, 0.25) is 5.91 Å². The number of ether oxygens (including phenoxy) is 1. The van der Waals surface area contributed by atoms with E-state index in [2.05, 4.69) is 5.32 Å². The van der Waals surface area contributed by atoms with Crippen LogP contribution >= 0.6 is 11.6 Å². The van der Waals surface area contributed by atoms with Crippen molar-refractivity contribution in [1.82, 2.24) is 5.32 Å². The molecule has 0 saturated carbocycles. The number of amides is 2. The number of primary amides is 1. The summed E-state index contributed by atoms with van der Waals surface area (Å²) in [6.45, 7) is 1.59. The number of nitrogens with two attached hydrogens (primary N) is 1. The molecule has 6 heteroatoms. The predicted octanol–water partition coefficient (Wildman–Crippen LogP) is 2.45. The van der Waals surface area contributed by atoms with E-state index in [0.29, 0.717) is 16.3 Å². The Morgan fingerprint density at radius 2 is 1.70 bits per heavy atom. The Bertz CT molecular complexity index is 674. The highest BCUT2D eigenvalue weighted by atomic mass is 35.5. The molecule has 23 heavy (non-hydrogen) atoms. The molecule has 0 bridgehead atoms. The lowest BCUT2D eigenvalue weighted by Crippen LogP contribution is -2.43. The normalized spacial score (nSPS) is 13.0. The third-order valence-corrected chi connectivity index (χ3v) is 3.45. The molecule has 0 saturated heterocycles. The average Bonchev–Trinajstić information content (AvgIpc) is 2.55. The van der Waals surface area contributed by atoms with Crippen LogP contribution in [0.15, 0.2) is 54.6 Å². The van der Waals surface area contributed by atoms with E-state index in [4.69, 9.17) is 22.1 Å². The van der Waals surface area contributed by atoms with Crippen molar-refractivity contribution in [3.8, 4) is 5.75 Å². The largest absolute Gasteiger partial charge is 0.481 e. The molecule has 0 radical (unpaired) electrons. The van der Waals surface area contributed by atoms with Crippen LogP contribution in [-0.2, 0) is 9.59 Å². The van der Waals surface area contributed by atoms with Crippen LogP contribution in [0.3, 0.4) is 0 Å². The Hall–Kier alpha value is -2.53. The molecule has 3 N–H and O–H groups in total. The number of carbonyl (C=O) groups is 2. The Kier molecular flexibility index (Phi) is 5.60. The maximum absolute atomic E-state index is 12.2. The van der Waals surface area contributed by atoms with E-state index in [-0.39, 0.29) is 0 Å². The van der Waals surface area contributed by atoms with Gasteiger partial charge in [-0.1, -0.05) is 41.9 Å². The van der Waals surface area contributed by atoms with E-state index in [1.807, 2.05) is 6.07 Å². The lowest BCUT2D eigenvalue weighted by Gasteiger charge is -2.19. The summed E-state index contributed by atoms with van der Waals surface area (Å²) < 4.78 is 5.52. The van der Waals surface area contributed by atoms with Crippen LogP contribution in [0.5, 0.6) is 5.75 Å². The van der Waals surface area contributed by atoms with E-state index in [1.54, 1.807) is 55.5 Å². The van der Waals surface area contributed by atoms with Crippen molar-refractivity contribution in [3.05, 3.63) is 65.2 Å². The summed E-state index contributed by atoms with van der Waals surface area (Å²) in [5.74, 6) is -0.566. The third kappa shape index (κ3) is 4.72. The van der Waals surface area contributed by atoms with Crippen molar-refractivity contribution < 1.29 is 14.3 Å². The number of benzene rings is 2. The number of hydrogen-bond acceptors (Lipinski definition) is 3. The molecule has 0 heterocycles. The van der Waals surface area contributed by atoms with Gasteiger partial charge in [0.05, 0.1) is 0 Å². The van der Waals surface area contributed by atoms with Gasteiger partial charge >= 0.3 is 0 Å². The second-order valence-electron chi connectivity index (χ2n) is 4.97. The average molecular weight is 333 g/mol. The van der Waals surface area contributed by atoms with Gasteiger partial charge in [-0.25, -0.2) is 0 Å². The molecule has 2 aromatic rings. The molecule has 0 fully saturated rings. The quantitative estimate of drug-likeness (QED) is 0.852. The van der Waals surface area contributed by atoms with Crippen LogP contribution < -0.4 is 15.8 Å². The fourth-order valence-electron chi connectivity index (χ4n) is 1.99. The minimum Gasteiger partial charge on any atom is -0.481 e. The summed E-state index contributed by atoms with van der Waals surface area (Å²) in [6.07, 6.45) is -0.790. The third-order valence-electron chi connectivity index (χ3n) is 3.20. The molecule has 0 spiro atoms. The van der Waals surface area contributed by atoms with E-state index in [9.17, 15) is 9.59 Å². The Morgan fingerprint density at radius 1 is 1.09 bits per heavy atom. The van der Waals surface area contributed by atoms with Crippen LogP contribution in [0.4, 0.5) is 0 Å². The molecular formula is C17H17ClN2O3. The zero-order valence-corrected chi connectivity index (χ0v) is 13.3. The number of carbonyl (C=O) groups excluding carboxylic acids is 2. The number of hydrogen-bond donors (Lipinski definition) is 2. The van der Waals surface area contributed by atoms with Crippen LogP contribution in [0.25, 0.3) is 0 Å².